The molecule has 1 aliphatic rings. The van der Waals surface area contributed by atoms with Crippen LogP contribution >= 0.6 is 11.6 Å². The van der Waals surface area contributed by atoms with Gasteiger partial charge in [0.1, 0.15) is 22.7 Å². The number of ketones is 1. The van der Waals surface area contributed by atoms with E-state index in [1.165, 1.54) is 6.07 Å². The van der Waals surface area contributed by atoms with Gasteiger partial charge in [-0.15, -0.1) is 0 Å². The fourth-order valence-electron chi connectivity index (χ4n) is 4.26. The fourth-order valence-corrected chi connectivity index (χ4v) is 4.39. The molecule has 0 N–H and O–H groups in total. The van der Waals surface area contributed by atoms with E-state index in [-0.39, 0.29) is 18.0 Å². The van der Waals surface area contributed by atoms with Crippen LogP contribution in [0.3, 0.4) is 0 Å². The Morgan fingerprint density at radius 1 is 1.06 bits per heavy atom. The number of carbonyl (C=O) groups excluding carboxylic acids is 1. The highest BCUT2D eigenvalue weighted by atomic mass is 35.5. The summed E-state index contributed by atoms with van der Waals surface area (Å²) in [4.78, 5) is 25.4. The van der Waals surface area contributed by atoms with Gasteiger partial charge in [-0.2, -0.15) is 0 Å². The van der Waals surface area contributed by atoms with Gasteiger partial charge in [-0.3, -0.25) is 4.79 Å². The molecular weight excluding hydrogens is 452 g/mol. The Bertz CT molecular complexity index is 1440. The maximum absolute atomic E-state index is 12.8. The molecule has 4 aromatic rings. The van der Waals surface area contributed by atoms with Gasteiger partial charge in [-0.25, -0.2) is 4.79 Å². The second-order valence-electron chi connectivity index (χ2n) is 8.98. The first-order valence-corrected chi connectivity index (χ1v) is 11.5. The van der Waals surface area contributed by atoms with E-state index in [9.17, 15) is 9.59 Å². The average Bonchev–Trinajstić information content (AvgIpc) is 2.82. The molecule has 0 fully saturated rings. The van der Waals surface area contributed by atoms with Crippen molar-refractivity contribution in [2.24, 2.45) is 0 Å². The Morgan fingerprint density at radius 2 is 1.79 bits per heavy atom. The van der Waals surface area contributed by atoms with Crippen LogP contribution in [-0.2, 0) is 6.42 Å². The van der Waals surface area contributed by atoms with Gasteiger partial charge in [-0.1, -0.05) is 41.9 Å². The van der Waals surface area contributed by atoms with E-state index in [4.69, 9.17) is 25.5 Å². The molecular formula is C28H23ClO5. The number of rotatable bonds is 5. The topological polar surface area (TPSA) is 65.7 Å². The van der Waals surface area contributed by atoms with E-state index >= 15 is 0 Å². The summed E-state index contributed by atoms with van der Waals surface area (Å²) in [6.45, 7) is 3.84. The number of ether oxygens (including phenoxy) is 2. The van der Waals surface area contributed by atoms with E-state index in [0.717, 1.165) is 17.5 Å². The number of benzene rings is 3. The van der Waals surface area contributed by atoms with Crippen LogP contribution in [0.4, 0.5) is 0 Å². The molecule has 0 aliphatic carbocycles. The highest BCUT2D eigenvalue weighted by Crippen LogP contribution is 2.44. The zero-order valence-electron chi connectivity index (χ0n) is 18.9. The van der Waals surface area contributed by atoms with Crippen molar-refractivity contribution in [1.29, 1.82) is 0 Å². The van der Waals surface area contributed by atoms with Gasteiger partial charge in [-0.05, 0) is 56.5 Å². The first-order valence-electron chi connectivity index (χ1n) is 11.1. The second-order valence-corrected chi connectivity index (χ2v) is 9.42. The van der Waals surface area contributed by atoms with E-state index in [0.29, 0.717) is 45.0 Å². The molecule has 0 radical (unpaired) electrons. The lowest BCUT2D eigenvalue weighted by atomic mass is 9.91. The SMILES string of the molecule is CC1(C)CCc2c(cc(OCC(=O)c3ccc(Cl)cc3)c3c(-c4ccccc4)cc(=O)oc23)O1. The Hall–Kier alpha value is -3.57. The number of halogens is 1. The Labute approximate surface area is 201 Å². The van der Waals surface area contributed by atoms with Gasteiger partial charge in [0.05, 0.1) is 5.39 Å². The summed E-state index contributed by atoms with van der Waals surface area (Å²) in [5.41, 5.74) is 2.49. The summed E-state index contributed by atoms with van der Waals surface area (Å²) in [6, 6.07) is 19.5. The summed E-state index contributed by atoms with van der Waals surface area (Å²) in [6.07, 6.45) is 1.48. The lowest BCUT2D eigenvalue weighted by Crippen LogP contribution is -2.32. The lowest BCUT2D eigenvalue weighted by Gasteiger charge is -2.33. The third-order valence-corrected chi connectivity index (χ3v) is 6.27. The molecule has 5 nitrogen and oxygen atoms in total. The summed E-state index contributed by atoms with van der Waals surface area (Å²) in [5, 5.41) is 1.21. The molecule has 5 rings (SSSR count). The molecule has 34 heavy (non-hydrogen) atoms. The van der Waals surface area contributed by atoms with Gasteiger partial charge in [0.25, 0.3) is 0 Å². The molecule has 6 heteroatoms. The summed E-state index contributed by atoms with van der Waals surface area (Å²) < 4.78 is 18.0. The van der Waals surface area contributed by atoms with Crippen molar-refractivity contribution in [2.75, 3.05) is 6.61 Å². The predicted molar refractivity (Wildman–Crippen MR) is 132 cm³/mol. The Balaban J connectivity index is 1.65. The Morgan fingerprint density at radius 3 is 2.53 bits per heavy atom. The van der Waals surface area contributed by atoms with Crippen molar-refractivity contribution in [3.63, 3.8) is 0 Å². The first-order chi connectivity index (χ1) is 16.3. The van der Waals surface area contributed by atoms with Crippen molar-refractivity contribution >= 4 is 28.4 Å². The van der Waals surface area contributed by atoms with E-state index in [1.54, 1.807) is 30.3 Å². The highest BCUT2D eigenvalue weighted by Gasteiger charge is 2.31. The van der Waals surface area contributed by atoms with Crippen LogP contribution in [0.5, 0.6) is 11.5 Å². The number of hydrogen-bond donors (Lipinski definition) is 0. The molecule has 0 saturated carbocycles. The Kier molecular flexibility index (Phi) is 5.66. The van der Waals surface area contributed by atoms with Crippen molar-refractivity contribution in [1.82, 2.24) is 0 Å². The minimum atomic E-state index is -0.451. The molecule has 1 aromatic heterocycles. The third kappa shape index (κ3) is 4.31. The molecule has 172 valence electrons. The molecule has 1 aliphatic heterocycles. The fraction of sp³-hybridized carbons (Fsp3) is 0.214. The highest BCUT2D eigenvalue weighted by molar-refractivity contribution is 6.30. The van der Waals surface area contributed by atoms with Crippen molar-refractivity contribution in [2.45, 2.75) is 32.3 Å². The van der Waals surface area contributed by atoms with Crippen molar-refractivity contribution < 1.29 is 18.7 Å². The largest absolute Gasteiger partial charge is 0.487 e. The number of aryl methyl sites for hydroxylation is 1. The number of carbonyl (C=O) groups is 1. The quantitative estimate of drug-likeness (QED) is 0.244. The molecule has 2 heterocycles. The normalized spacial score (nSPS) is 14.3. The smallest absolute Gasteiger partial charge is 0.336 e. The van der Waals surface area contributed by atoms with Gasteiger partial charge in [0, 0.05) is 33.8 Å². The maximum Gasteiger partial charge on any atom is 0.336 e. The van der Waals surface area contributed by atoms with Crippen LogP contribution in [0.25, 0.3) is 22.1 Å². The predicted octanol–water partition coefficient (Wildman–Crippen LogP) is 6.48. The molecule has 0 amide bonds. The zero-order valence-corrected chi connectivity index (χ0v) is 19.6. The molecule has 0 unspecified atom stereocenters. The molecule has 3 aromatic carbocycles. The van der Waals surface area contributed by atoms with Gasteiger partial charge in [0.15, 0.2) is 12.4 Å². The van der Waals surface area contributed by atoms with Crippen molar-refractivity contribution in [3.8, 4) is 22.6 Å². The maximum atomic E-state index is 12.8. The van der Waals surface area contributed by atoms with Gasteiger partial charge in [0.2, 0.25) is 0 Å². The number of hydrogen-bond acceptors (Lipinski definition) is 5. The summed E-state index contributed by atoms with van der Waals surface area (Å²) in [7, 11) is 0. The minimum absolute atomic E-state index is 0.188. The molecule has 0 bridgehead atoms. The summed E-state index contributed by atoms with van der Waals surface area (Å²) >= 11 is 5.94. The van der Waals surface area contributed by atoms with Crippen LogP contribution in [0, 0.1) is 0 Å². The first kappa shape index (κ1) is 22.2. The third-order valence-electron chi connectivity index (χ3n) is 6.01. The average molecular weight is 475 g/mol. The van der Waals surface area contributed by atoms with Crippen LogP contribution in [0.15, 0.2) is 75.9 Å². The second kappa shape index (κ2) is 8.65. The van der Waals surface area contributed by atoms with E-state index in [2.05, 4.69) is 0 Å². The van der Waals surface area contributed by atoms with Gasteiger partial charge >= 0.3 is 5.63 Å². The summed E-state index contributed by atoms with van der Waals surface area (Å²) in [5.74, 6) is 0.838. The molecule has 0 saturated heterocycles. The van der Waals surface area contributed by atoms with E-state index in [1.807, 2.05) is 44.2 Å². The van der Waals surface area contributed by atoms with Crippen LogP contribution in [0.1, 0.15) is 36.2 Å². The lowest BCUT2D eigenvalue weighted by molar-refractivity contribution is 0.0837. The van der Waals surface area contributed by atoms with Crippen LogP contribution in [-0.4, -0.2) is 18.0 Å². The number of Topliss-reactive ketones (excluding diaryl/α,β-unsaturated/α-hetero) is 1. The molecule has 0 spiro atoms. The molecule has 0 atom stereocenters. The minimum Gasteiger partial charge on any atom is -0.487 e. The number of fused-ring (bicyclic) bond motifs is 3. The van der Waals surface area contributed by atoms with E-state index < -0.39 is 5.63 Å². The zero-order chi connectivity index (χ0) is 23.9. The van der Waals surface area contributed by atoms with Crippen LogP contribution < -0.4 is 15.1 Å². The van der Waals surface area contributed by atoms with Crippen molar-refractivity contribution in [3.05, 3.63) is 93.3 Å². The standard InChI is InChI=1S/C28H23ClO5/c1-28(2)13-12-20-23(34-28)15-24(32-16-22(30)18-8-10-19(29)11-9-18)26-21(14-25(31)33-27(20)26)17-6-4-3-5-7-17/h3-11,14-15H,12-13,16H2,1-2H3. The monoisotopic (exact) mass is 474 g/mol. The van der Waals surface area contributed by atoms with Crippen LogP contribution in [0.2, 0.25) is 5.02 Å². The van der Waals surface area contributed by atoms with Gasteiger partial charge < -0.3 is 13.9 Å².